The predicted octanol–water partition coefficient (Wildman–Crippen LogP) is 2.74. The van der Waals surface area contributed by atoms with Gasteiger partial charge < -0.3 is 5.73 Å². The molecule has 22 heavy (non-hydrogen) atoms. The summed E-state index contributed by atoms with van der Waals surface area (Å²) < 4.78 is 2.07. The quantitative estimate of drug-likeness (QED) is 0.948. The van der Waals surface area contributed by atoms with Crippen LogP contribution in [0.15, 0.2) is 36.5 Å². The van der Waals surface area contributed by atoms with Crippen LogP contribution in [0.25, 0.3) is 5.69 Å². The Morgan fingerprint density at radius 1 is 1.27 bits per heavy atom. The van der Waals surface area contributed by atoms with E-state index in [2.05, 4.69) is 65.8 Å². The molecule has 1 saturated heterocycles. The summed E-state index contributed by atoms with van der Waals surface area (Å²) in [6, 6.07) is 10.8. The molecule has 1 atom stereocenters. The fraction of sp³-hybridized carbons (Fsp3) is 0.500. The predicted molar refractivity (Wildman–Crippen MR) is 90.0 cm³/mol. The van der Waals surface area contributed by atoms with E-state index in [1.54, 1.807) is 0 Å². The van der Waals surface area contributed by atoms with Crippen LogP contribution in [-0.2, 0) is 6.54 Å². The number of piperidine rings is 1. The third-order valence-electron chi connectivity index (χ3n) is 4.84. The molecule has 0 spiro atoms. The van der Waals surface area contributed by atoms with E-state index in [0.29, 0.717) is 6.04 Å². The van der Waals surface area contributed by atoms with E-state index in [1.165, 1.54) is 11.3 Å². The van der Waals surface area contributed by atoms with Gasteiger partial charge in [-0.3, -0.25) is 4.90 Å². The minimum atomic E-state index is 0.172. The average Bonchev–Trinajstić information content (AvgIpc) is 2.91. The molecule has 0 amide bonds. The van der Waals surface area contributed by atoms with Gasteiger partial charge in [-0.1, -0.05) is 32.0 Å². The highest BCUT2D eigenvalue weighted by atomic mass is 15.3. The van der Waals surface area contributed by atoms with Crippen molar-refractivity contribution in [2.24, 2.45) is 11.1 Å². The van der Waals surface area contributed by atoms with Crippen molar-refractivity contribution in [3.8, 4) is 5.69 Å². The van der Waals surface area contributed by atoms with Crippen LogP contribution >= 0.6 is 0 Å². The molecule has 118 valence electrons. The Balaban J connectivity index is 1.81. The zero-order valence-electron chi connectivity index (χ0n) is 13.8. The molecule has 0 bridgehead atoms. The first-order valence-electron chi connectivity index (χ1n) is 8.04. The van der Waals surface area contributed by atoms with Gasteiger partial charge >= 0.3 is 0 Å². The SMILES string of the molecule is Cc1ccccc1-n1nccc1CN1CCC(N)C(C)(C)C1. The second kappa shape index (κ2) is 5.86. The number of rotatable bonds is 3. The lowest BCUT2D eigenvalue weighted by molar-refractivity contribution is 0.0883. The number of benzene rings is 1. The fourth-order valence-electron chi connectivity index (χ4n) is 3.32. The van der Waals surface area contributed by atoms with Crippen molar-refractivity contribution in [3.05, 3.63) is 47.8 Å². The van der Waals surface area contributed by atoms with Crippen LogP contribution in [0.3, 0.4) is 0 Å². The molecule has 4 nitrogen and oxygen atoms in total. The molecule has 4 heteroatoms. The molecule has 1 aromatic heterocycles. The van der Waals surface area contributed by atoms with E-state index in [1.807, 2.05) is 6.20 Å². The summed E-state index contributed by atoms with van der Waals surface area (Å²) in [5.41, 5.74) is 10.1. The number of para-hydroxylation sites is 1. The molecule has 1 aromatic carbocycles. The topological polar surface area (TPSA) is 47.1 Å². The maximum Gasteiger partial charge on any atom is 0.0678 e. The van der Waals surface area contributed by atoms with Crippen LogP contribution < -0.4 is 5.73 Å². The molecule has 3 rings (SSSR count). The molecule has 0 radical (unpaired) electrons. The molecular formula is C18H26N4. The Kier molecular flexibility index (Phi) is 4.06. The Hall–Kier alpha value is -1.65. The number of hydrogen-bond acceptors (Lipinski definition) is 3. The number of aryl methyl sites for hydroxylation is 1. The Bertz CT molecular complexity index is 644. The maximum absolute atomic E-state index is 6.24. The number of nitrogens with zero attached hydrogens (tertiary/aromatic N) is 3. The molecule has 0 saturated carbocycles. The number of likely N-dealkylation sites (tertiary alicyclic amines) is 1. The average molecular weight is 298 g/mol. The van der Waals surface area contributed by atoms with Crippen molar-refractivity contribution in [3.63, 3.8) is 0 Å². The number of hydrogen-bond donors (Lipinski definition) is 1. The van der Waals surface area contributed by atoms with E-state index >= 15 is 0 Å². The monoisotopic (exact) mass is 298 g/mol. The van der Waals surface area contributed by atoms with Crippen molar-refractivity contribution >= 4 is 0 Å². The Morgan fingerprint density at radius 3 is 2.77 bits per heavy atom. The van der Waals surface area contributed by atoms with E-state index in [9.17, 15) is 0 Å². The smallest absolute Gasteiger partial charge is 0.0678 e. The highest BCUT2D eigenvalue weighted by molar-refractivity contribution is 5.40. The zero-order valence-corrected chi connectivity index (χ0v) is 13.8. The van der Waals surface area contributed by atoms with Gasteiger partial charge in [0.15, 0.2) is 0 Å². The van der Waals surface area contributed by atoms with Crippen LogP contribution in [0.2, 0.25) is 0 Å². The summed E-state index contributed by atoms with van der Waals surface area (Å²) in [6.45, 7) is 9.68. The molecule has 1 aliphatic rings. The van der Waals surface area contributed by atoms with Crippen LogP contribution in [0, 0.1) is 12.3 Å². The summed E-state index contributed by atoms with van der Waals surface area (Å²) in [5.74, 6) is 0. The van der Waals surface area contributed by atoms with E-state index in [4.69, 9.17) is 5.73 Å². The van der Waals surface area contributed by atoms with Crippen LogP contribution in [0.4, 0.5) is 0 Å². The van der Waals surface area contributed by atoms with Gasteiger partial charge in [0.25, 0.3) is 0 Å². The first-order chi connectivity index (χ1) is 10.5. The van der Waals surface area contributed by atoms with Crippen molar-refractivity contribution in [1.29, 1.82) is 0 Å². The third-order valence-corrected chi connectivity index (χ3v) is 4.84. The lowest BCUT2D eigenvalue weighted by Gasteiger charge is -2.42. The third kappa shape index (κ3) is 2.94. The highest BCUT2D eigenvalue weighted by Crippen LogP contribution is 2.28. The first kappa shape index (κ1) is 15.3. The summed E-state index contributed by atoms with van der Waals surface area (Å²) in [7, 11) is 0. The molecule has 1 aliphatic heterocycles. The molecule has 1 fully saturated rings. The summed E-state index contributed by atoms with van der Waals surface area (Å²) in [6.07, 6.45) is 2.95. The van der Waals surface area contributed by atoms with Crippen molar-refractivity contribution in [2.45, 2.75) is 39.8 Å². The van der Waals surface area contributed by atoms with Crippen LogP contribution in [-0.4, -0.2) is 33.8 Å². The van der Waals surface area contributed by atoms with Gasteiger partial charge in [0, 0.05) is 31.9 Å². The normalized spacial score (nSPS) is 21.9. The molecular weight excluding hydrogens is 272 g/mol. The van der Waals surface area contributed by atoms with Crippen LogP contribution in [0.1, 0.15) is 31.5 Å². The van der Waals surface area contributed by atoms with E-state index in [0.717, 1.165) is 31.7 Å². The molecule has 0 aliphatic carbocycles. The van der Waals surface area contributed by atoms with E-state index in [-0.39, 0.29) is 5.41 Å². The van der Waals surface area contributed by atoms with Gasteiger partial charge in [-0.05, 0) is 36.5 Å². The summed E-state index contributed by atoms with van der Waals surface area (Å²) in [4.78, 5) is 2.50. The van der Waals surface area contributed by atoms with Crippen molar-refractivity contribution in [2.75, 3.05) is 13.1 Å². The van der Waals surface area contributed by atoms with Crippen LogP contribution in [0.5, 0.6) is 0 Å². The van der Waals surface area contributed by atoms with E-state index < -0.39 is 0 Å². The first-order valence-corrected chi connectivity index (χ1v) is 8.04. The Labute approximate surface area is 132 Å². The molecule has 2 heterocycles. The maximum atomic E-state index is 6.24. The standard InChI is InChI=1S/C18H26N4/c1-14-6-4-5-7-16(14)22-15(8-10-20-22)12-21-11-9-17(19)18(2,3)13-21/h4-8,10,17H,9,11-13,19H2,1-3H3. The lowest BCUT2D eigenvalue weighted by Crippen LogP contribution is -2.52. The van der Waals surface area contributed by atoms with Gasteiger partial charge in [-0.2, -0.15) is 5.10 Å². The van der Waals surface area contributed by atoms with Gasteiger partial charge in [0.2, 0.25) is 0 Å². The summed E-state index contributed by atoms with van der Waals surface area (Å²) in [5, 5.41) is 4.53. The fourth-order valence-corrected chi connectivity index (χ4v) is 3.32. The van der Waals surface area contributed by atoms with Gasteiger partial charge in [-0.15, -0.1) is 0 Å². The largest absolute Gasteiger partial charge is 0.327 e. The summed E-state index contributed by atoms with van der Waals surface area (Å²) >= 11 is 0. The second-order valence-electron chi connectivity index (χ2n) is 7.12. The molecule has 2 N–H and O–H groups in total. The number of aromatic nitrogens is 2. The lowest BCUT2D eigenvalue weighted by atomic mass is 9.80. The number of nitrogens with two attached hydrogens (primary N) is 1. The highest BCUT2D eigenvalue weighted by Gasteiger charge is 2.33. The molecule has 1 unspecified atom stereocenters. The van der Waals surface area contributed by atoms with Gasteiger partial charge in [0.1, 0.15) is 0 Å². The minimum absolute atomic E-state index is 0.172. The van der Waals surface area contributed by atoms with Crippen molar-refractivity contribution in [1.82, 2.24) is 14.7 Å². The Morgan fingerprint density at radius 2 is 2.05 bits per heavy atom. The van der Waals surface area contributed by atoms with Gasteiger partial charge in [0.05, 0.1) is 11.4 Å². The molecule has 2 aromatic rings. The van der Waals surface area contributed by atoms with Crippen molar-refractivity contribution < 1.29 is 0 Å². The zero-order chi connectivity index (χ0) is 15.7. The van der Waals surface area contributed by atoms with Gasteiger partial charge in [-0.25, -0.2) is 4.68 Å². The second-order valence-corrected chi connectivity index (χ2v) is 7.12. The minimum Gasteiger partial charge on any atom is -0.327 e.